The Labute approximate surface area is 444 Å². The number of carbonyl (C=O) groups is 2. The summed E-state index contributed by atoms with van der Waals surface area (Å²) in [5.41, 5.74) is 0. The number of aliphatic hydroxyl groups is 5. The van der Waals surface area contributed by atoms with Gasteiger partial charge in [0.2, 0.25) is 5.91 Å². The molecule has 418 valence electrons. The van der Waals surface area contributed by atoms with Gasteiger partial charge in [-0.1, -0.05) is 240 Å². The van der Waals surface area contributed by atoms with Gasteiger partial charge in [-0.15, -0.1) is 0 Å². The van der Waals surface area contributed by atoms with Crippen LogP contribution >= 0.6 is 0 Å². The number of hydrogen-bond acceptors (Lipinski definition) is 10. The summed E-state index contributed by atoms with van der Waals surface area (Å²) in [5.74, 6) is -1.25. The van der Waals surface area contributed by atoms with Crippen molar-refractivity contribution < 1.29 is 49.3 Å². The zero-order valence-electron chi connectivity index (χ0n) is 46.0. The van der Waals surface area contributed by atoms with Crippen molar-refractivity contribution in [1.82, 2.24) is 5.32 Å². The number of ether oxygens (including phenoxy) is 3. The summed E-state index contributed by atoms with van der Waals surface area (Å²) < 4.78 is 17.5. The summed E-state index contributed by atoms with van der Waals surface area (Å²) in [5, 5.41) is 56.8. The monoisotopic (exact) mass is 1020 g/mol. The van der Waals surface area contributed by atoms with Gasteiger partial charge < -0.3 is 45.1 Å². The van der Waals surface area contributed by atoms with E-state index in [1.807, 2.05) is 72.9 Å². The zero-order chi connectivity index (χ0) is 53.3. The Morgan fingerprint density at radius 1 is 0.548 bits per heavy atom. The van der Waals surface area contributed by atoms with Crippen molar-refractivity contribution in [2.45, 2.75) is 269 Å². The molecule has 0 aromatic heterocycles. The second-order valence-corrected chi connectivity index (χ2v) is 19.8. The van der Waals surface area contributed by atoms with Gasteiger partial charge in [0.05, 0.1) is 25.4 Å². The third-order valence-corrected chi connectivity index (χ3v) is 13.1. The minimum Gasteiger partial charge on any atom is -0.454 e. The van der Waals surface area contributed by atoms with Gasteiger partial charge in [-0.3, -0.25) is 9.59 Å². The molecule has 1 aliphatic heterocycles. The second kappa shape index (κ2) is 49.5. The maximum absolute atomic E-state index is 13.4. The molecule has 11 nitrogen and oxygen atoms in total. The highest BCUT2D eigenvalue weighted by molar-refractivity contribution is 5.80. The normalized spacial score (nSPS) is 20.1. The van der Waals surface area contributed by atoms with E-state index in [0.717, 1.165) is 77.0 Å². The summed E-state index contributed by atoms with van der Waals surface area (Å²) in [6.07, 6.45) is 54.5. The first kappa shape index (κ1) is 67.6. The first-order chi connectivity index (χ1) is 35.7. The lowest BCUT2D eigenvalue weighted by atomic mass is 9.99. The number of aliphatic hydroxyl groups excluding tert-OH is 5. The van der Waals surface area contributed by atoms with Gasteiger partial charge in [0.25, 0.3) is 0 Å². The van der Waals surface area contributed by atoms with E-state index < -0.39 is 67.4 Å². The molecule has 0 aliphatic carbocycles. The van der Waals surface area contributed by atoms with E-state index in [0.29, 0.717) is 12.8 Å². The molecule has 1 fully saturated rings. The predicted octanol–water partition coefficient (Wildman–Crippen LogP) is 13.2. The van der Waals surface area contributed by atoms with Gasteiger partial charge in [-0.05, 0) is 70.6 Å². The second-order valence-electron chi connectivity index (χ2n) is 19.8. The molecule has 73 heavy (non-hydrogen) atoms. The van der Waals surface area contributed by atoms with Crippen molar-refractivity contribution in [2.24, 2.45) is 0 Å². The van der Waals surface area contributed by atoms with Crippen molar-refractivity contribution in [2.75, 3.05) is 13.2 Å². The Kier molecular flexibility index (Phi) is 45.8. The Morgan fingerprint density at radius 3 is 1.52 bits per heavy atom. The first-order valence-corrected chi connectivity index (χ1v) is 29.1. The lowest BCUT2D eigenvalue weighted by Crippen LogP contribution is -2.61. The number of amides is 1. The Hall–Kier alpha value is -3.42. The molecule has 0 aromatic rings. The molecule has 0 saturated carbocycles. The van der Waals surface area contributed by atoms with Crippen LogP contribution in [0.3, 0.4) is 0 Å². The van der Waals surface area contributed by atoms with Crippen LogP contribution in [0.5, 0.6) is 0 Å². The quantitative estimate of drug-likeness (QED) is 0.0149. The van der Waals surface area contributed by atoms with Crippen LogP contribution in [-0.4, -0.2) is 99.6 Å². The number of hydrogen-bond donors (Lipinski definition) is 6. The summed E-state index contributed by atoms with van der Waals surface area (Å²) in [7, 11) is 0. The molecular weight excluding hydrogens is 919 g/mol. The number of carbonyl (C=O) groups excluding carboxylic acids is 2. The third kappa shape index (κ3) is 37.9. The SMILES string of the molecule is CC\C=C/C=C/C=C/C=C\C=C\C=C\CCCCC(O)C(=O)NC(COC1OC(CO)C(O)C(O)C1OC(=O)CCCCCCCCC/C=C/CCCCCCCC)C(O)/C=C/CCCCCCCCCCC. The van der Waals surface area contributed by atoms with Crippen LogP contribution in [0.2, 0.25) is 0 Å². The molecule has 1 aliphatic rings. The smallest absolute Gasteiger partial charge is 0.306 e. The lowest BCUT2D eigenvalue weighted by molar-refractivity contribution is -0.305. The third-order valence-electron chi connectivity index (χ3n) is 13.1. The highest BCUT2D eigenvalue weighted by atomic mass is 16.7. The number of allylic oxidation sites excluding steroid dienone is 15. The van der Waals surface area contributed by atoms with Gasteiger partial charge in [0.15, 0.2) is 12.4 Å². The van der Waals surface area contributed by atoms with Gasteiger partial charge in [-0.2, -0.15) is 0 Å². The average Bonchev–Trinajstić information content (AvgIpc) is 3.39. The average molecular weight is 1020 g/mol. The van der Waals surface area contributed by atoms with Gasteiger partial charge in [-0.25, -0.2) is 0 Å². The lowest BCUT2D eigenvalue weighted by Gasteiger charge is -2.41. The van der Waals surface area contributed by atoms with Crippen LogP contribution in [-0.2, 0) is 23.8 Å². The number of rotatable bonds is 47. The van der Waals surface area contributed by atoms with Crippen LogP contribution in [0.1, 0.15) is 220 Å². The molecule has 11 heteroatoms. The van der Waals surface area contributed by atoms with Gasteiger partial charge in [0, 0.05) is 6.42 Å². The molecular formula is C62H105NO10. The van der Waals surface area contributed by atoms with Gasteiger partial charge in [0.1, 0.15) is 24.4 Å². The maximum Gasteiger partial charge on any atom is 0.306 e. The van der Waals surface area contributed by atoms with Crippen LogP contribution < -0.4 is 5.32 Å². The number of unbranched alkanes of at least 4 members (excludes halogenated alkanes) is 24. The van der Waals surface area contributed by atoms with Crippen LogP contribution in [0.4, 0.5) is 0 Å². The van der Waals surface area contributed by atoms with Crippen molar-refractivity contribution in [3.8, 4) is 0 Å². The summed E-state index contributed by atoms with van der Waals surface area (Å²) >= 11 is 0. The standard InChI is InChI=1S/C62H105NO10/c1-4-7-10-13-16-19-22-24-26-28-30-32-35-38-41-44-47-50-57(67)73-60-59(69)58(68)56(51-64)72-62(60)71-52-53(54(65)48-45-42-39-36-33-21-18-15-12-9-6-3)63-61(70)55(66)49-46-43-40-37-34-31-29-27-25-23-20-17-14-11-8-5-2/h8,11,14,17,20,23-27,29,31,34,37,45,48,53-56,58-60,62,64-66,68-69H,4-7,9-10,12-13,15-16,18-19,21-22,28,30,32-33,35-36,38-44,46-47,49-52H2,1-3H3,(H,63,70)/b11-8-,17-14+,23-20+,26-24+,27-25-,31-29+,37-34+,48-45+. The van der Waals surface area contributed by atoms with E-state index in [9.17, 15) is 35.1 Å². The molecule has 0 spiro atoms. The van der Waals surface area contributed by atoms with Crippen LogP contribution in [0, 0.1) is 0 Å². The summed E-state index contributed by atoms with van der Waals surface area (Å²) in [6, 6.07) is -1.05. The molecule has 0 aromatic carbocycles. The van der Waals surface area contributed by atoms with E-state index >= 15 is 0 Å². The largest absolute Gasteiger partial charge is 0.454 e. The van der Waals surface area contributed by atoms with Crippen LogP contribution in [0.15, 0.2) is 97.2 Å². The van der Waals surface area contributed by atoms with Crippen molar-refractivity contribution in [1.29, 1.82) is 0 Å². The Morgan fingerprint density at radius 2 is 1.00 bits per heavy atom. The van der Waals surface area contributed by atoms with E-state index in [1.54, 1.807) is 6.08 Å². The molecule has 1 saturated heterocycles. The molecule has 8 atom stereocenters. The molecule has 1 rings (SSSR count). The van der Waals surface area contributed by atoms with Gasteiger partial charge >= 0.3 is 5.97 Å². The fourth-order valence-electron chi connectivity index (χ4n) is 8.50. The fraction of sp³-hybridized carbons (Fsp3) is 0.710. The minimum absolute atomic E-state index is 0.108. The topological polar surface area (TPSA) is 175 Å². The van der Waals surface area contributed by atoms with Crippen molar-refractivity contribution in [3.05, 3.63) is 97.2 Å². The molecule has 1 amide bonds. The molecule has 0 bridgehead atoms. The highest BCUT2D eigenvalue weighted by Gasteiger charge is 2.47. The van der Waals surface area contributed by atoms with Crippen LogP contribution in [0.25, 0.3) is 0 Å². The Bertz CT molecular complexity index is 1550. The maximum atomic E-state index is 13.4. The molecule has 0 radical (unpaired) electrons. The highest BCUT2D eigenvalue weighted by Crippen LogP contribution is 2.26. The van der Waals surface area contributed by atoms with E-state index in [4.69, 9.17) is 14.2 Å². The van der Waals surface area contributed by atoms with Crippen molar-refractivity contribution in [3.63, 3.8) is 0 Å². The summed E-state index contributed by atoms with van der Waals surface area (Å²) in [4.78, 5) is 26.5. The Balaban J connectivity index is 2.75. The predicted molar refractivity (Wildman–Crippen MR) is 301 cm³/mol. The van der Waals surface area contributed by atoms with Crippen molar-refractivity contribution >= 4 is 11.9 Å². The van der Waals surface area contributed by atoms with E-state index in [-0.39, 0.29) is 19.4 Å². The van der Waals surface area contributed by atoms with E-state index in [1.165, 1.54) is 96.3 Å². The number of esters is 1. The fourth-order valence-corrected chi connectivity index (χ4v) is 8.50. The number of nitrogens with one attached hydrogen (secondary N) is 1. The first-order valence-electron chi connectivity index (χ1n) is 29.1. The minimum atomic E-state index is -1.63. The van der Waals surface area contributed by atoms with E-state index in [2.05, 4.69) is 44.3 Å². The zero-order valence-corrected chi connectivity index (χ0v) is 46.0. The molecule has 1 heterocycles. The molecule has 8 unspecified atom stereocenters. The summed E-state index contributed by atoms with van der Waals surface area (Å²) in [6.45, 7) is 5.58. The molecule has 6 N–H and O–H groups in total.